The van der Waals surface area contributed by atoms with Crippen molar-refractivity contribution in [1.29, 1.82) is 0 Å². The van der Waals surface area contributed by atoms with Gasteiger partial charge in [-0.1, -0.05) is 11.8 Å². The molecule has 0 amide bonds. The molecule has 1 N–H and O–H groups in total. The molecule has 1 rings (SSSR count). The quantitative estimate of drug-likeness (QED) is 0.514. The van der Waals surface area contributed by atoms with Crippen molar-refractivity contribution in [3.63, 3.8) is 0 Å². The average molecular weight is 245 g/mol. The molecule has 0 unspecified atom stereocenters. The lowest BCUT2D eigenvalue weighted by Crippen LogP contribution is -2.16. The van der Waals surface area contributed by atoms with Crippen LogP contribution in [0, 0.1) is 0 Å². The van der Waals surface area contributed by atoms with Crippen LogP contribution in [-0.4, -0.2) is 52.6 Å². The molecule has 0 atom stereocenters. The summed E-state index contributed by atoms with van der Waals surface area (Å²) in [5, 5.41) is 15.1. The molecule has 0 bridgehead atoms. The second-order valence-electron chi connectivity index (χ2n) is 2.96. The fourth-order valence-corrected chi connectivity index (χ4v) is 1.81. The van der Waals surface area contributed by atoms with E-state index < -0.39 is 0 Å². The molecule has 0 fully saturated rings. The second-order valence-corrected chi connectivity index (χ2v) is 4.02. The first-order valence-electron chi connectivity index (χ1n) is 4.88. The third-order valence-electron chi connectivity index (χ3n) is 1.84. The van der Waals surface area contributed by atoms with Gasteiger partial charge in [-0.2, -0.15) is 0 Å². The molecule has 0 aliphatic rings. The number of carbonyl (C=O) groups is 1. The van der Waals surface area contributed by atoms with E-state index in [4.69, 9.17) is 0 Å². The van der Waals surface area contributed by atoms with Crippen molar-refractivity contribution in [2.45, 2.75) is 18.1 Å². The number of nitrogens with zero attached hydrogens (tertiary/aromatic N) is 4. The number of hydrogen-bond acceptors (Lipinski definition) is 7. The van der Waals surface area contributed by atoms with Gasteiger partial charge in [0.2, 0.25) is 5.16 Å². The van der Waals surface area contributed by atoms with Crippen LogP contribution in [0.25, 0.3) is 0 Å². The van der Waals surface area contributed by atoms with Gasteiger partial charge in [-0.05, 0) is 17.5 Å². The van der Waals surface area contributed by atoms with Crippen LogP contribution < -0.4 is 5.32 Å². The Morgan fingerprint density at radius 3 is 3.12 bits per heavy atom. The SMILES string of the molecule is CNCCn1nnnc1SCCC(=O)OC. The number of thioether (sulfide) groups is 1. The molecule has 0 aliphatic carbocycles. The van der Waals surface area contributed by atoms with E-state index in [2.05, 4.69) is 25.6 Å². The van der Waals surface area contributed by atoms with Gasteiger partial charge >= 0.3 is 5.97 Å². The number of ether oxygens (including phenoxy) is 1. The number of aromatic nitrogens is 4. The molecule has 1 aromatic heterocycles. The standard InChI is InChI=1S/C8H15N5O2S/c1-9-4-5-13-8(10-11-12-13)16-6-3-7(14)15-2/h9H,3-6H2,1-2H3. The van der Waals surface area contributed by atoms with Crippen LogP contribution in [0.2, 0.25) is 0 Å². The summed E-state index contributed by atoms with van der Waals surface area (Å²) in [5.74, 6) is 0.397. The lowest BCUT2D eigenvalue weighted by molar-refractivity contribution is -0.140. The highest BCUT2D eigenvalue weighted by Gasteiger charge is 2.07. The van der Waals surface area contributed by atoms with Gasteiger partial charge in [0.1, 0.15) is 0 Å². The summed E-state index contributed by atoms with van der Waals surface area (Å²) >= 11 is 1.45. The Labute approximate surface area is 97.9 Å². The molecule has 0 saturated heterocycles. The minimum Gasteiger partial charge on any atom is -0.469 e. The number of esters is 1. The molecule has 1 aromatic rings. The average Bonchev–Trinajstić information content (AvgIpc) is 2.73. The highest BCUT2D eigenvalue weighted by molar-refractivity contribution is 7.99. The zero-order valence-corrected chi connectivity index (χ0v) is 10.2. The number of methoxy groups -OCH3 is 1. The zero-order valence-electron chi connectivity index (χ0n) is 9.34. The first kappa shape index (κ1) is 12.9. The van der Waals surface area contributed by atoms with Gasteiger partial charge in [-0.25, -0.2) is 4.68 Å². The number of nitrogens with one attached hydrogen (secondary N) is 1. The van der Waals surface area contributed by atoms with Crippen molar-refractivity contribution < 1.29 is 9.53 Å². The number of rotatable bonds is 7. The van der Waals surface area contributed by atoms with Crippen LogP contribution in [-0.2, 0) is 16.1 Å². The molecule has 7 nitrogen and oxygen atoms in total. The number of hydrogen-bond donors (Lipinski definition) is 1. The lowest BCUT2D eigenvalue weighted by Gasteiger charge is -2.03. The Hall–Kier alpha value is -1.15. The largest absolute Gasteiger partial charge is 0.469 e. The molecule has 16 heavy (non-hydrogen) atoms. The maximum absolute atomic E-state index is 10.9. The molecular formula is C8H15N5O2S. The Balaban J connectivity index is 2.35. The van der Waals surface area contributed by atoms with Crippen LogP contribution in [0.3, 0.4) is 0 Å². The normalized spacial score (nSPS) is 10.4. The third kappa shape index (κ3) is 4.15. The van der Waals surface area contributed by atoms with Gasteiger partial charge in [0, 0.05) is 12.3 Å². The molecular weight excluding hydrogens is 230 g/mol. The fraction of sp³-hybridized carbons (Fsp3) is 0.750. The predicted octanol–water partition coefficient (Wildman–Crippen LogP) is -0.452. The molecule has 0 aromatic carbocycles. The number of carbonyl (C=O) groups excluding carboxylic acids is 1. The minimum absolute atomic E-state index is 0.221. The van der Waals surface area contributed by atoms with E-state index in [1.807, 2.05) is 7.05 Å². The van der Waals surface area contributed by atoms with E-state index in [-0.39, 0.29) is 5.97 Å². The van der Waals surface area contributed by atoms with Crippen molar-refractivity contribution >= 4 is 17.7 Å². The van der Waals surface area contributed by atoms with Crippen LogP contribution in [0.15, 0.2) is 5.16 Å². The van der Waals surface area contributed by atoms with Crippen molar-refractivity contribution in [1.82, 2.24) is 25.5 Å². The van der Waals surface area contributed by atoms with Crippen LogP contribution in [0.5, 0.6) is 0 Å². The van der Waals surface area contributed by atoms with Crippen molar-refractivity contribution in [3.8, 4) is 0 Å². The maximum Gasteiger partial charge on any atom is 0.306 e. The van der Waals surface area contributed by atoms with Gasteiger partial charge in [-0.15, -0.1) is 5.10 Å². The minimum atomic E-state index is -0.221. The van der Waals surface area contributed by atoms with Crippen molar-refractivity contribution in [2.24, 2.45) is 0 Å². The van der Waals surface area contributed by atoms with E-state index in [9.17, 15) is 4.79 Å². The second kappa shape index (κ2) is 7.18. The Bertz CT molecular complexity index is 330. The van der Waals surface area contributed by atoms with E-state index in [1.165, 1.54) is 18.9 Å². The molecule has 0 spiro atoms. The van der Waals surface area contributed by atoms with Crippen LogP contribution in [0.4, 0.5) is 0 Å². The van der Waals surface area contributed by atoms with Gasteiger partial charge in [0.15, 0.2) is 0 Å². The molecule has 90 valence electrons. The topological polar surface area (TPSA) is 81.9 Å². The molecule has 1 heterocycles. The monoisotopic (exact) mass is 245 g/mol. The van der Waals surface area contributed by atoms with Crippen LogP contribution >= 0.6 is 11.8 Å². The molecule has 0 aliphatic heterocycles. The van der Waals surface area contributed by atoms with Crippen molar-refractivity contribution in [2.75, 3.05) is 26.5 Å². The van der Waals surface area contributed by atoms with Gasteiger partial charge in [0.25, 0.3) is 0 Å². The Morgan fingerprint density at radius 2 is 2.44 bits per heavy atom. The van der Waals surface area contributed by atoms with Crippen LogP contribution in [0.1, 0.15) is 6.42 Å². The third-order valence-corrected chi connectivity index (χ3v) is 2.80. The molecule has 8 heteroatoms. The molecule has 0 saturated carbocycles. The zero-order chi connectivity index (χ0) is 11.8. The lowest BCUT2D eigenvalue weighted by atomic mass is 10.5. The highest BCUT2D eigenvalue weighted by Crippen LogP contribution is 2.14. The van der Waals surface area contributed by atoms with Gasteiger partial charge < -0.3 is 10.1 Å². The van der Waals surface area contributed by atoms with Gasteiger partial charge in [-0.3, -0.25) is 4.79 Å². The highest BCUT2D eigenvalue weighted by atomic mass is 32.2. The smallest absolute Gasteiger partial charge is 0.306 e. The predicted molar refractivity (Wildman–Crippen MR) is 59.1 cm³/mol. The summed E-state index contributed by atoms with van der Waals surface area (Å²) in [6.45, 7) is 1.51. The summed E-state index contributed by atoms with van der Waals surface area (Å²) in [4.78, 5) is 10.9. The summed E-state index contributed by atoms with van der Waals surface area (Å²) < 4.78 is 6.25. The van der Waals surface area contributed by atoms with E-state index >= 15 is 0 Å². The number of tetrazole rings is 1. The first-order valence-corrected chi connectivity index (χ1v) is 5.87. The van der Waals surface area contributed by atoms with Crippen molar-refractivity contribution in [3.05, 3.63) is 0 Å². The summed E-state index contributed by atoms with van der Waals surface area (Å²) in [6, 6.07) is 0. The van der Waals surface area contributed by atoms with E-state index in [0.29, 0.717) is 18.7 Å². The first-order chi connectivity index (χ1) is 7.77. The summed E-state index contributed by atoms with van der Waals surface area (Å²) in [5.41, 5.74) is 0. The van der Waals surface area contributed by atoms with Gasteiger partial charge in [0.05, 0.1) is 20.1 Å². The fourth-order valence-electron chi connectivity index (χ4n) is 0.986. The summed E-state index contributed by atoms with van der Waals surface area (Å²) in [6.07, 6.45) is 0.361. The van der Waals surface area contributed by atoms with E-state index in [1.54, 1.807) is 4.68 Å². The maximum atomic E-state index is 10.9. The Kier molecular flexibility index (Phi) is 5.79. The Morgan fingerprint density at radius 1 is 1.62 bits per heavy atom. The molecule has 0 radical (unpaired) electrons. The van der Waals surface area contributed by atoms with E-state index in [0.717, 1.165) is 11.7 Å². The number of likely N-dealkylation sites (N-methyl/N-ethyl adjacent to an activating group) is 1. The summed E-state index contributed by atoms with van der Waals surface area (Å²) in [7, 11) is 3.25.